The van der Waals surface area contributed by atoms with Gasteiger partial charge in [-0.2, -0.15) is 0 Å². The molecule has 3 atom stereocenters. The molecule has 0 aromatic carbocycles. The average Bonchev–Trinajstić information content (AvgIpc) is 3.21. The van der Waals surface area contributed by atoms with Crippen molar-refractivity contribution in [3.8, 4) is 10.6 Å². The third-order valence-electron chi connectivity index (χ3n) is 4.91. The van der Waals surface area contributed by atoms with Gasteiger partial charge in [-0.05, 0) is 49.1 Å². The number of nitrogens with one attached hydrogen (secondary N) is 1. The lowest BCUT2D eigenvalue weighted by Gasteiger charge is -2.20. The summed E-state index contributed by atoms with van der Waals surface area (Å²) in [5.74, 6) is 2.38. The quantitative estimate of drug-likeness (QED) is 0.812. The summed E-state index contributed by atoms with van der Waals surface area (Å²) >= 11 is 8.93. The van der Waals surface area contributed by atoms with Gasteiger partial charge in [-0.25, -0.2) is 4.98 Å². The fourth-order valence-electron chi connectivity index (χ4n) is 3.93. The average molecular weight is 353 g/mol. The third kappa shape index (κ3) is 2.94. The Labute approximate surface area is 142 Å². The van der Waals surface area contributed by atoms with Crippen LogP contribution in [-0.4, -0.2) is 10.9 Å². The Morgan fingerprint density at radius 3 is 2.95 bits per heavy atom. The van der Waals surface area contributed by atoms with Crippen LogP contribution in [0.1, 0.15) is 32.1 Å². The van der Waals surface area contributed by atoms with Crippen LogP contribution in [0, 0.1) is 17.8 Å². The maximum absolute atomic E-state index is 12.2. The van der Waals surface area contributed by atoms with Crippen molar-refractivity contribution in [2.45, 2.75) is 32.1 Å². The number of amides is 1. The normalized spacial score (nSPS) is 26.5. The van der Waals surface area contributed by atoms with Gasteiger partial charge in [-0.15, -0.1) is 22.7 Å². The minimum Gasteiger partial charge on any atom is -0.302 e. The van der Waals surface area contributed by atoms with Gasteiger partial charge in [0.25, 0.3) is 0 Å². The molecule has 0 aliphatic heterocycles. The number of fused-ring (bicyclic) bond motifs is 2. The smallest absolute Gasteiger partial charge is 0.226 e. The van der Waals surface area contributed by atoms with Gasteiger partial charge in [0.2, 0.25) is 5.91 Å². The number of hydrogen-bond donors (Lipinski definition) is 1. The Bertz CT molecular complexity index is 696. The van der Waals surface area contributed by atoms with Crippen LogP contribution in [0.5, 0.6) is 0 Å². The molecule has 6 heteroatoms. The van der Waals surface area contributed by atoms with E-state index in [1.165, 1.54) is 48.4 Å². The minimum absolute atomic E-state index is 0.114. The van der Waals surface area contributed by atoms with Crippen molar-refractivity contribution < 1.29 is 4.79 Å². The molecule has 22 heavy (non-hydrogen) atoms. The van der Waals surface area contributed by atoms with Crippen molar-refractivity contribution in [1.82, 2.24) is 4.98 Å². The van der Waals surface area contributed by atoms with Crippen molar-refractivity contribution >= 4 is 45.3 Å². The summed E-state index contributed by atoms with van der Waals surface area (Å²) in [5.41, 5.74) is 0.886. The van der Waals surface area contributed by atoms with Crippen LogP contribution in [0.4, 0.5) is 5.13 Å². The van der Waals surface area contributed by atoms with Gasteiger partial charge in [0, 0.05) is 11.8 Å². The van der Waals surface area contributed by atoms with Gasteiger partial charge in [0.15, 0.2) is 5.13 Å². The molecule has 2 bridgehead atoms. The number of carbonyl (C=O) groups is 1. The highest BCUT2D eigenvalue weighted by Crippen LogP contribution is 2.49. The second kappa shape index (κ2) is 5.95. The van der Waals surface area contributed by atoms with E-state index in [4.69, 9.17) is 11.6 Å². The Balaban J connectivity index is 1.37. The molecule has 2 saturated carbocycles. The standard InChI is InChI=1S/C16H17ClN2OS2/c17-14-4-3-13(22-14)12-8-21-16(18-12)19-15(20)7-11-6-9-1-2-10(11)5-9/h3-4,8-11H,1-2,5-7H2,(H,18,19,20)/t9-,10-,11-/m0/s1. The predicted octanol–water partition coefficient (Wildman–Crippen LogP) is 5.29. The molecular formula is C16H17ClN2OS2. The lowest BCUT2D eigenvalue weighted by Crippen LogP contribution is -2.20. The maximum atomic E-state index is 12.2. The van der Waals surface area contributed by atoms with Crippen molar-refractivity contribution in [1.29, 1.82) is 0 Å². The molecule has 1 amide bonds. The highest BCUT2D eigenvalue weighted by atomic mass is 35.5. The second-order valence-corrected chi connectivity index (χ2v) is 8.90. The van der Waals surface area contributed by atoms with Crippen molar-refractivity contribution in [3.63, 3.8) is 0 Å². The maximum Gasteiger partial charge on any atom is 0.226 e. The first kappa shape index (κ1) is 14.7. The first-order valence-electron chi connectivity index (χ1n) is 7.68. The molecule has 0 unspecified atom stereocenters. The van der Waals surface area contributed by atoms with Crippen LogP contribution in [0.2, 0.25) is 4.34 Å². The van der Waals surface area contributed by atoms with Crippen LogP contribution in [0.3, 0.4) is 0 Å². The summed E-state index contributed by atoms with van der Waals surface area (Å²) in [6.45, 7) is 0. The van der Waals surface area contributed by atoms with E-state index in [9.17, 15) is 4.79 Å². The number of halogens is 1. The molecule has 116 valence electrons. The first-order chi connectivity index (χ1) is 10.7. The van der Waals surface area contributed by atoms with Crippen LogP contribution < -0.4 is 5.32 Å². The molecule has 2 aromatic rings. The minimum atomic E-state index is 0.114. The monoisotopic (exact) mass is 352 g/mol. The van der Waals surface area contributed by atoms with E-state index in [0.717, 1.165) is 26.7 Å². The van der Waals surface area contributed by atoms with Gasteiger partial charge in [-0.1, -0.05) is 18.0 Å². The number of nitrogens with zero attached hydrogens (tertiary/aromatic N) is 1. The summed E-state index contributed by atoms with van der Waals surface area (Å²) in [4.78, 5) is 17.8. The number of thiophene rings is 1. The highest BCUT2D eigenvalue weighted by Gasteiger charge is 2.40. The van der Waals surface area contributed by atoms with Gasteiger partial charge >= 0.3 is 0 Å². The van der Waals surface area contributed by atoms with Crippen LogP contribution in [0.25, 0.3) is 10.6 Å². The fourth-order valence-corrected chi connectivity index (χ4v) is 5.74. The molecule has 0 saturated heterocycles. The number of thiazole rings is 1. The number of rotatable bonds is 4. The van der Waals surface area contributed by atoms with Crippen molar-refractivity contribution in [2.24, 2.45) is 17.8 Å². The zero-order chi connectivity index (χ0) is 15.1. The van der Waals surface area contributed by atoms with E-state index >= 15 is 0 Å². The molecule has 2 aliphatic carbocycles. The summed E-state index contributed by atoms with van der Waals surface area (Å²) in [6.07, 6.45) is 5.94. The molecular weight excluding hydrogens is 336 g/mol. The molecule has 2 fully saturated rings. The Morgan fingerprint density at radius 1 is 1.36 bits per heavy atom. The number of anilines is 1. The van der Waals surface area contributed by atoms with E-state index in [1.807, 2.05) is 17.5 Å². The molecule has 4 rings (SSSR count). The zero-order valence-corrected chi connectivity index (χ0v) is 14.4. The second-order valence-electron chi connectivity index (χ2n) is 6.33. The molecule has 2 heterocycles. The molecule has 1 N–H and O–H groups in total. The van der Waals surface area contributed by atoms with E-state index in [0.29, 0.717) is 17.5 Å². The van der Waals surface area contributed by atoms with Gasteiger partial charge in [0.05, 0.1) is 14.9 Å². The summed E-state index contributed by atoms with van der Waals surface area (Å²) in [5, 5.41) is 5.62. The van der Waals surface area contributed by atoms with Crippen LogP contribution in [-0.2, 0) is 4.79 Å². The molecule has 0 spiro atoms. The van der Waals surface area contributed by atoms with Crippen molar-refractivity contribution in [3.05, 3.63) is 21.8 Å². The summed E-state index contributed by atoms with van der Waals surface area (Å²) in [7, 11) is 0. The van der Waals surface area contributed by atoms with Crippen LogP contribution >= 0.6 is 34.3 Å². The van der Waals surface area contributed by atoms with Gasteiger partial charge in [0.1, 0.15) is 0 Å². The Morgan fingerprint density at radius 2 is 2.27 bits per heavy atom. The number of carbonyl (C=O) groups excluding carboxylic acids is 1. The lowest BCUT2D eigenvalue weighted by molar-refractivity contribution is -0.117. The summed E-state index contributed by atoms with van der Waals surface area (Å²) < 4.78 is 0.755. The predicted molar refractivity (Wildman–Crippen MR) is 92.6 cm³/mol. The van der Waals surface area contributed by atoms with E-state index in [-0.39, 0.29) is 5.91 Å². The fraction of sp³-hybridized carbons (Fsp3) is 0.500. The zero-order valence-electron chi connectivity index (χ0n) is 12.0. The summed E-state index contributed by atoms with van der Waals surface area (Å²) in [6, 6.07) is 3.83. The first-order valence-corrected chi connectivity index (χ1v) is 9.76. The Hall–Kier alpha value is -0.910. The van der Waals surface area contributed by atoms with Crippen LogP contribution in [0.15, 0.2) is 17.5 Å². The topological polar surface area (TPSA) is 42.0 Å². The SMILES string of the molecule is O=C(C[C@@H]1C[C@H]2CC[C@H]1C2)Nc1nc(-c2ccc(Cl)s2)cs1. The van der Waals surface area contributed by atoms with E-state index in [2.05, 4.69) is 10.3 Å². The highest BCUT2D eigenvalue weighted by molar-refractivity contribution is 7.20. The van der Waals surface area contributed by atoms with Gasteiger partial charge in [-0.3, -0.25) is 4.79 Å². The van der Waals surface area contributed by atoms with E-state index in [1.54, 1.807) is 0 Å². The molecule has 2 aromatic heterocycles. The van der Waals surface area contributed by atoms with Gasteiger partial charge < -0.3 is 5.32 Å². The third-order valence-corrected chi connectivity index (χ3v) is 6.92. The molecule has 0 radical (unpaired) electrons. The molecule has 2 aliphatic rings. The lowest BCUT2D eigenvalue weighted by atomic mass is 9.86. The number of hydrogen-bond acceptors (Lipinski definition) is 4. The van der Waals surface area contributed by atoms with Crippen molar-refractivity contribution in [2.75, 3.05) is 5.32 Å². The number of aromatic nitrogens is 1. The largest absolute Gasteiger partial charge is 0.302 e. The molecule has 3 nitrogen and oxygen atoms in total. The van der Waals surface area contributed by atoms with E-state index < -0.39 is 0 Å². The Kier molecular flexibility index (Phi) is 3.96.